The van der Waals surface area contributed by atoms with Gasteiger partial charge in [-0.05, 0) is 36.6 Å². The first-order chi connectivity index (χ1) is 5.79. The van der Waals surface area contributed by atoms with E-state index in [1.807, 2.05) is 12.3 Å². The van der Waals surface area contributed by atoms with Crippen LogP contribution in [0.5, 0.6) is 0 Å². The van der Waals surface area contributed by atoms with Crippen molar-refractivity contribution >= 4 is 6.08 Å². The third-order valence-corrected chi connectivity index (χ3v) is 1.91. The van der Waals surface area contributed by atoms with Crippen molar-refractivity contribution in [3.63, 3.8) is 0 Å². The minimum atomic E-state index is 1.01. The van der Waals surface area contributed by atoms with Crippen molar-refractivity contribution in [2.24, 2.45) is 0 Å². The summed E-state index contributed by atoms with van der Waals surface area (Å²) in [5.41, 5.74) is 3.73. The Bertz CT molecular complexity index is 323. The molecule has 1 aromatic heterocycles. The third-order valence-electron chi connectivity index (χ3n) is 1.91. The largest absolute Gasteiger partial charge is 0.364 e. The van der Waals surface area contributed by atoms with Gasteiger partial charge in [0.25, 0.3) is 0 Å². The second-order valence-electron chi connectivity index (χ2n) is 2.72. The van der Waals surface area contributed by atoms with Crippen LogP contribution in [0.4, 0.5) is 0 Å². The van der Waals surface area contributed by atoms with Gasteiger partial charge >= 0.3 is 0 Å². The van der Waals surface area contributed by atoms with Crippen LogP contribution < -0.4 is 0 Å². The average Bonchev–Trinajstić information content (AvgIpc) is 2.43. The quantitative estimate of drug-likeness (QED) is 0.638. The number of terminal acetylenes is 1. The summed E-state index contributed by atoms with van der Waals surface area (Å²) in [4.78, 5) is 3.21. The van der Waals surface area contributed by atoms with Crippen LogP contribution in [0.1, 0.15) is 23.7 Å². The molecule has 0 amide bonds. The summed E-state index contributed by atoms with van der Waals surface area (Å²) in [5, 5.41) is 0. The summed E-state index contributed by atoms with van der Waals surface area (Å²) in [6.07, 6.45) is 11.9. The second kappa shape index (κ2) is 3.82. The fourth-order valence-corrected chi connectivity index (χ4v) is 1.24. The minimum Gasteiger partial charge on any atom is -0.364 e. The fourth-order valence-electron chi connectivity index (χ4n) is 1.24. The Labute approximate surface area is 73.5 Å². The molecule has 12 heavy (non-hydrogen) atoms. The van der Waals surface area contributed by atoms with Gasteiger partial charge in [0.2, 0.25) is 0 Å². The zero-order valence-electron chi connectivity index (χ0n) is 7.52. The molecule has 0 aliphatic rings. The molecule has 1 N–H and O–H groups in total. The first-order valence-corrected chi connectivity index (χ1v) is 4.09. The van der Waals surface area contributed by atoms with E-state index in [1.54, 1.807) is 6.08 Å². The summed E-state index contributed by atoms with van der Waals surface area (Å²) in [7, 11) is 0. The standard InChI is InChI=1S/C11H13N/c1-4-6-7-10-9(3)8-12-11(10)5-2/h1,6-8,12H,5H2,2-3H3/b7-6-. The first kappa shape index (κ1) is 8.67. The lowest BCUT2D eigenvalue weighted by molar-refractivity contribution is 1.06. The normalized spacial score (nSPS) is 10.4. The van der Waals surface area contributed by atoms with Crippen molar-refractivity contribution in [2.75, 3.05) is 0 Å². The highest BCUT2D eigenvalue weighted by molar-refractivity contribution is 5.58. The van der Waals surface area contributed by atoms with Crippen molar-refractivity contribution < 1.29 is 0 Å². The maximum absolute atomic E-state index is 5.14. The topological polar surface area (TPSA) is 15.8 Å². The van der Waals surface area contributed by atoms with E-state index in [0.717, 1.165) is 6.42 Å². The Balaban J connectivity index is 3.04. The van der Waals surface area contributed by atoms with Crippen molar-refractivity contribution in [1.29, 1.82) is 0 Å². The molecule has 0 saturated carbocycles. The maximum atomic E-state index is 5.14. The number of nitrogens with one attached hydrogen (secondary N) is 1. The van der Waals surface area contributed by atoms with Crippen LogP contribution in [0.3, 0.4) is 0 Å². The van der Waals surface area contributed by atoms with Crippen molar-refractivity contribution in [2.45, 2.75) is 20.3 Å². The van der Waals surface area contributed by atoms with E-state index in [-0.39, 0.29) is 0 Å². The highest BCUT2D eigenvalue weighted by Crippen LogP contribution is 2.15. The molecule has 0 atom stereocenters. The Hall–Kier alpha value is -1.42. The predicted octanol–water partition coefficient (Wildman–Crippen LogP) is 2.53. The molecule has 0 fully saturated rings. The van der Waals surface area contributed by atoms with Crippen LogP contribution in [-0.2, 0) is 6.42 Å². The first-order valence-electron chi connectivity index (χ1n) is 4.09. The van der Waals surface area contributed by atoms with Gasteiger partial charge in [-0.1, -0.05) is 12.8 Å². The second-order valence-corrected chi connectivity index (χ2v) is 2.72. The SMILES string of the molecule is C#C/C=C\c1c(C)c[nH]c1CC. The van der Waals surface area contributed by atoms with Crippen LogP contribution >= 0.6 is 0 Å². The molecule has 0 radical (unpaired) electrons. The number of hydrogen-bond acceptors (Lipinski definition) is 0. The molecular weight excluding hydrogens is 146 g/mol. The fraction of sp³-hybridized carbons (Fsp3) is 0.273. The van der Waals surface area contributed by atoms with E-state index in [2.05, 4.69) is 24.8 Å². The Morgan fingerprint density at radius 2 is 2.42 bits per heavy atom. The van der Waals surface area contributed by atoms with Crippen molar-refractivity contribution in [1.82, 2.24) is 4.98 Å². The molecule has 0 unspecified atom stereocenters. The number of aromatic amines is 1. The van der Waals surface area contributed by atoms with Crippen LogP contribution in [0.25, 0.3) is 6.08 Å². The molecule has 62 valence electrons. The molecule has 1 heteroatoms. The number of hydrogen-bond donors (Lipinski definition) is 1. The average molecular weight is 159 g/mol. The Kier molecular flexibility index (Phi) is 2.76. The van der Waals surface area contributed by atoms with Crippen molar-refractivity contribution in [3.05, 3.63) is 29.1 Å². The van der Waals surface area contributed by atoms with Gasteiger partial charge < -0.3 is 4.98 Å². The zero-order chi connectivity index (χ0) is 8.97. The minimum absolute atomic E-state index is 1.01. The lowest BCUT2D eigenvalue weighted by Crippen LogP contribution is -1.82. The molecule has 0 saturated heterocycles. The van der Waals surface area contributed by atoms with E-state index in [4.69, 9.17) is 6.42 Å². The van der Waals surface area contributed by atoms with Gasteiger partial charge in [0.15, 0.2) is 0 Å². The summed E-state index contributed by atoms with van der Waals surface area (Å²) >= 11 is 0. The van der Waals surface area contributed by atoms with Gasteiger partial charge in [0.05, 0.1) is 0 Å². The van der Waals surface area contributed by atoms with E-state index >= 15 is 0 Å². The zero-order valence-corrected chi connectivity index (χ0v) is 7.52. The summed E-state index contributed by atoms with van der Waals surface area (Å²) in [6, 6.07) is 0. The smallest absolute Gasteiger partial charge is 0.0220 e. The number of allylic oxidation sites excluding steroid dienone is 1. The van der Waals surface area contributed by atoms with E-state index in [1.165, 1.54) is 16.8 Å². The van der Waals surface area contributed by atoms with Gasteiger partial charge in [-0.3, -0.25) is 0 Å². The van der Waals surface area contributed by atoms with Gasteiger partial charge in [-0.2, -0.15) is 0 Å². The third kappa shape index (κ3) is 1.60. The molecule has 0 aromatic carbocycles. The number of rotatable bonds is 2. The van der Waals surface area contributed by atoms with Crippen molar-refractivity contribution in [3.8, 4) is 12.3 Å². The van der Waals surface area contributed by atoms with Gasteiger partial charge in [0.1, 0.15) is 0 Å². The van der Waals surface area contributed by atoms with E-state index in [9.17, 15) is 0 Å². The number of H-pyrrole nitrogens is 1. The summed E-state index contributed by atoms with van der Waals surface area (Å²) in [5.74, 6) is 2.49. The molecule has 1 heterocycles. The highest BCUT2D eigenvalue weighted by atomic mass is 14.7. The molecule has 1 nitrogen and oxygen atoms in total. The molecule has 1 rings (SSSR count). The van der Waals surface area contributed by atoms with E-state index < -0.39 is 0 Å². The van der Waals surface area contributed by atoms with E-state index in [0.29, 0.717) is 0 Å². The molecule has 0 aliphatic heterocycles. The van der Waals surface area contributed by atoms with Crippen LogP contribution in [-0.4, -0.2) is 4.98 Å². The molecule has 0 spiro atoms. The molecular formula is C11H13N. The van der Waals surface area contributed by atoms with Crippen LogP contribution in [0.2, 0.25) is 0 Å². The summed E-state index contributed by atoms with van der Waals surface area (Å²) in [6.45, 7) is 4.20. The van der Waals surface area contributed by atoms with Gasteiger partial charge in [-0.15, -0.1) is 6.42 Å². The number of aryl methyl sites for hydroxylation is 2. The Morgan fingerprint density at radius 3 is 3.00 bits per heavy atom. The van der Waals surface area contributed by atoms with Crippen LogP contribution in [0, 0.1) is 19.3 Å². The predicted molar refractivity (Wildman–Crippen MR) is 52.8 cm³/mol. The van der Waals surface area contributed by atoms with Gasteiger partial charge in [0, 0.05) is 11.9 Å². The highest BCUT2D eigenvalue weighted by Gasteiger charge is 2.01. The number of aromatic nitrogens is 1. The molecule has 1 aromatic rings. The Morgan fingerprint density at radius 1 is 1.67 bits per heavy atom. The summed E-state index contributed by atoms with van der Waals surface area (Å²) < 4.78 is 0. The monoisotopic (exact) mass is 159 g/mol. The van der Waals surface area contributed by atoms with Gasteiger partial charge in [-0.25, -0.2) is 0 Å². The maximum Gasteiger partial charge on any atom is 0.0220 e. The molecule has 0 aliphatic carbocycles. The van der Waals surface area contributed by atoms with Crippen LogP contribution in [0.15, 0.2) is 12.3 Å². The lowest BCUT2D eigenvalue weighted by Gasteiger charge is -1.94. The lowest BCUT2D eigenvalue weighted by atomic mass is 10.1. The molecule has 0 bridgehead atoms.